The number of nitrogens with one attached hydrogen (secondary N) is 1. The Morgan fingerprint density at radius 3 is 2.57 bits per heavy atom. The number of halogens is 1. The normalized spacial score (nSPS) is 17.2. The fraction of sp³-hybridized carbons (Fsp3) is 0.148. The molecule has 0 bridgehead atoms. The van der Waals surface area contributed by atoms with Crippen molar-refractivity contribution in [1.82, 2.24) is 30.0 Å². The zero-order chi connectivity index (χ0) is 23.8. The van der Waals surface area contributed by atoms with Gasteiger partial charge in [-0.3, -0.25) is 14.3 Å². The van der Waals surface area contributed by atoms with Crippen molar-refractivity contribution in [2.75, 3.05) is 0 Å². The average Bonchev–Trinajstić information content (AvgIpc) is 3.30. The lowest BCUT2D eigenvalue weighted by Crippen LogP contribution is -2.44. The van der Waals surface area contributed by atoms with Crippen molar-refractivity contribution in [2.45, 2.75) is 24.8 Å². The fourth-order valence-electron chi connectivity index (χ4n) is 4.50. The van der Waals surface area contributed by atoms with Crippen LogP contribution in [-0.2, 0) is 0 Å². The molecule has 0 atom stereocenters. The van der Waals surface area contributed by atoms with E-state index in [1.807, 2.05) is 36.4 Å². The van der Waals surface area contributed by atoms with E-state index in [0.717, 1.165) is 16.5 Å². The predicted octanol–water partition coefficient (Wildman–Crippen LogP) is 4.69. The number of rotatable bonds is 5. The number of aromatic nitrogens is 5. The van der Waals surface area contributed by atoms with E-state index < -0.39 is 0 Å². The summed E-state index contributed by atoms with van der Waals surface area (Å²) >= 11 is 0. The molecule has 1 aliphatic rings. The standard InChI is InChI=1S/C27H21FN6O/c28-21-8-4-5-9-24(21)34-25(17-6-2-1-3-7-17)32-33-26(34)19-14-20(15-19)30-27(35)23-11-10-18-16-29-13-12-22(18)31-23/h1-13,16,19-20H,14-15H2,(H,30,35). The molecule has 5 aromatic rings. The van der Waals surface area contributed by atoms with Gasteiger partial charge in [-0.2, -0.15) is 0 Å². The van der Waals surface area contributed by atoms with Gasteiger partial charge in [-0.05, 0) is 43.2 Å². The smallest absolute Gasteiger partial charge is 0.270 e. The van der Waals surface area contributed by atoms with E-state index in [0.29, 0.717) is 35.9 Å². The van der Waals surface area contributed by atoms with Gasteiger partial charge in [0.25, 0.3) is 5.91 Å². The summed E-state index contributed by atoms with van der Waals surface area (Å²) in [5.74, 6) is 0.768. The van der Waals surface area contributed by atoms with E-state index >= 15 is 0 Å². The van der Waals surface area contributed by atoms with Crippen LogP contribution < -0.4 is 5.32 Å². The van der Waals surface area contributed by atoms with Crippen LogP contribution in [0.4, 0.5) is 4.39 Å². The van der Waals surface area contributed by atoms with Crippen LogP contribution in [0.3, 0.4) is 0 Å². The van der Waals surface area contributed by atoms with Crippen LogP contribution in [-0.4, -0.2) is 36.7 Å². The minimum absolute atomic E-state index is 0.0200. The van der Waals surface area contributed by atoms with Gasteiger partial charge in [-0.15, -0.1) is 10.2 Å². The second kappa shape index (κ2) is 8.72. The van der Waals surface area contributed by atoms with Gasteiger partial charge in [-0.25, -0.2) is 9.37 Å². The number of benzene rings is 2. The summed E-state index contributed by atoms with van der Waals surface area (Å²) in [7, 11) is 0. The predicted molar refractivity (Wildman–Crippen MR) is 130 cm³/mol. The third-order valence-electron chi connectivity index (χ3n) is 6.37. The molecule has 2 aromatic carbocycles. The van der Waals surface area contributed by atoms with Gasteiger partial charge in [0.15, 0.2) is 5.82 Å². The molecule has 1 fully saturated rings. The summed E-state index contributed by atoms with van der Waals surface area (Å²) in [6, 6.07) is 21.6. The molecular weight excluding hydrogens is 443 g/mol. The number of amides is 1. The molecule has 6 rings (SSSR count). The fourth-order valence-corrected chi connectivity index (χ4v) is 4.50. The number of fused-ring (bicyclic) bond motifs is 1. The first kappa shape index (κ1) is 21.1. The number of hydrogen-bond acceptors (Lipinski definition) is 5. The highest BCUT2D eigenvalue weighted by Crippen LogP contribution is 2.39. The highest BCUT2D eigenvalue weighted by Gasteiger charge is 2.36. The highest BCUT2D eigenvalue weighted by molar-refractivity contribution is 5.95. The van der Waals surface area contributed by atoms with Gasteiger partial charge < -0.3 is 5.32 Å². The molecule has 1 saturated carbocycles. The maximum Gasteiger partial charge on any atom is 0.270 e. The lowest BCUT2D eigenvalue weighted by atomic mass is 9.79. The van der Waals surface area contributed by atoms with Crippen LogP contribution in [0.15, 0.2) is 85.2 Å². The van der Waals surface area contributed by atoms with Crippen molar-refractivity contribution in [2.24, 2.45) is 0 Å². The Morgan fingerprint density at radius 2 is 1.74 bits per heavy atom. The topological polar surface area (TPSA) is 85.6 Å². The molecular formula is C27H21FN6O. The molecule has 7 nitrogen and oxygen atoms in total. The minimum Gasteiger partial charge on any atom is -0.348 e. The molecule has 8 heteroatoms. The van der Waals surface area contributed by atoms with Crippen molar-refractivity contribution in [3.05, 3.63) is 103 Å². The van der Waals surface area contributed by atoms with Crippen LogP contribution >= 0.6 is 0 Å². The maximum absolute atomic E-state index is 14.8. The first-order chi connectivity index (χ1) is 17.2. The van der Waals surface area contributed by atoms with Gasteiger partial charge in [0.05, 0.1) is 11.2 Å². The van der Waals surface area contributed by atoms with E-state index in [2.05, 4.69) is 25.5 Å². The second-order valence-electron chi connectivity index (χ2n) is 8.64. The second-order valence-corrected chi connectivity index (χ2v) is 8.64. The van der Waals surface area contributed by atoms with Crippen LogP contribution in [0.5, 0.6) is 0 Å². The molecule has 1 N–H and O–H groups in total. The van der Waals surface area contributed by atoms with Crippen molar-refractivity contribution in [1.29, 1.82) is 0 Å². The molecule has 0 radical (unpaired) electrons. The molecule has 35 heavy (non-hydrogen) atoms. The summed E-state index contributed by atoms with van der Waals surface area (Å²) in [6.07, 6.45) is 4.74. The minimum atomic E-state index is -0.340. The Labute approximate surface area is 200 Å². The first-order valence-corrected chi connectivity index (χ1v) is 11.4. The SMILES string of the molecule is O=C(NC1CC(c2nnc(-c3ccccc3)n2-c2ccccc2F)C1)c1ccc2cnccc2n1. The quantitative estimate of drug-likeness (QED) is 0.408. The Bertz CT molecular complexity index is 1530. The zero-order valence-electron chi connectivity index (χ0n) is 18.7. The lowest BCUT2D eigenvalue weighted by Gasteiger charge is -2.35. The van der Waals surface area contributed by atoms with E-state index in [1.165, 1.54) is 6.07 Å². The molecule has 0 saturated heterocycles. The summed E-state index contributed by atoms with van der Waals surface area (Å²) in [6.45, 7) is 0. The summed E-state index contributed by atoms with van der Waals surface area (Å²) in [5.41, 5.74) is 2.36. The molecule has 3 aromatic heterocycles. The van der Waals surface area contributed by atoms with Crippen molar-refractivity contribution >= 4 is 16.8 Å². The average molecular weight is 465 g/mol. The molecule has 0 aliphatic heterocycles. The first-order valence-electron chi connectivity index (χ1n) is 11.4. The Balaban J connectivity index is 1.23. The summed E-state index contributed by atoms with van der Waals surface area (Å²) in [5, 5.41) is 12.8. The molecule has 3 heterocycles. The molecule has 1 aliphatic carbocycles. The third kappa shape index (κ3) is 3.93. The van der Waals surface area contributed by atoms with Gasteiger partial charge >= 0.3 is 0 Å². The number of carbonyl (C=O) groups excluding carboxylic acids is 1. The van der Waals surface area contributed by atoms with Crippen LogP contribution in [0.2, 0.25) is 0 Å². The van der Waals surface area contributed by atoms with Crippen molar-refractivity contribution < 1.29 is 9.18 Å². The number of hydrogen-bond donors (Lipinski definition) is 1. The van der Waals surface area contributed by atoms with Gasteiger partial charge in [0.2, 0.25) is 0 Å². The molecule has 0 spiro atoms. The van der Waals surface area contributed by atoms with Crippen LogP contribution in [0, 0.1) is 5.82 Å². The Kier molecular flexibility index (Phi) is 5.25. The van der Waals surface area contributed by atoms with E-state index in [1.54, 1.807) is 47.3 Å². The van der Waals surface area contributed by atoms with Crippen LogP contribution in [0.25, 0.3) is 28.0 Å². The zero-order valence-corrected chi connectivity index (χ0v) is 18.7. The molecule has 172 valence electrons. The third-order valence-corrected chi connectivity index (χ3v) is 6.37. The number of para-hydroxylation sites is 1. The van der Waals surface area contributed by atoms with Gasteiger partial charge in [0.1, 0.15) is 17.3 Å². The summed E-state index contributed by atoms with van der Waals surface area (Å²) in [4.78, 5) is 21.3. The number of nitrogens with zero attached hydrogens (tertiary/aromatic N) is 5. The summed E-state index contributed by atoms with van der Waals surface area (Å²) < 4.78 is 16.6. The largest absolute Gasteiger partial charge is 0.348 e. The van der Waals surface area contributed by atoms with E-state index in [-0.39, 0.29) is 23.7 Å². The van der Waals surface area contributed by atoms with Crippen molar-refractivity contribution in [3.63, 3.8) is 0 Å². The molecule has 1 amide bonds. The number of pyridine rings is 2. The van der Waals surface area contributed by atoms with Crippen molar-refractivity contribution in [3.8, 4) is 17.1 Å². The van der Waals surface area contributed by atoms with E-state index in [4.69, 9.17) is 0 Å². The maximum atomic E-state index is 14.8. The van der Waals surface area contributed by atoms with Crippen LogP contribution in [0.1, 0.15) is 35.1 Å². The van der Waals surface area contributed by atoms with Gasteiger partial charge in [0, 0.05) is 35.3 Å². The van der Waals surface area contributed by atoms with E-state index in [9.17, 15) is 9.18 Å². The number of carbonyl (C=O) groups is 1. The Morgan fingerprint density at radius 1 is 0.943 bits per heavy atom. The Hall–Kier alpha value is -4.46. The molecule has 0 unspecified atom stereocenters. The van der Waals surface area contributed by atoms with Gasteiger partial charge in [-0.1, -0.05) is 42.5 Å². The monoisotopic (exact) mass is 464 g/mol. The lowest BCUT2D eigenvalue weighted by molar-refractivity contribution is 0.0902. The highest BCUT2D eigenvalue weighted by atomic mass is 19.1.